The summed E-state index contributed by atoms with van der Waals surface area (Å²) in [6.45, 7) is 13.4. The fourth-order valence-corrected chi connectivity index (χ4v) is 7.22. The average Bonchev–Trinajstić information content (AvgIpc) is 3.53. The summed E-state index contributed by atoms with van der Waals surface area (Å²) in [5, 5.41) is 11.2. The minimum absolute atomic E-state index is 0.0494. The Bertz CT molecular complexity index is 1700. The second-order valence-electron chi connectivity index (χ2n) is 14.7. The molecule has 6 rings (SSSR count). The number of ether oxygens (including phenoxy) is 2. The number of primary amides is 1. The predicted octanol–water partition coefficient (Wildman–Crippen LogP) is 4.74. The van der Waals surface area contributed by atoms with Gasteiger partial charge in [0.05, 0.1) is 6.04 Å². The topological polar surface area (TPSA) is 147 Å². The van der Waals surface area contributed by atoms with Gasteiger partial charge in [-0.15, -0.1) is 0 Å². The van der Waals surface area contributed by atoms with E-state index in [2.05, 4.69) is 20.4 Å². The van der Waals surface area contributed by atoms with Crippen LogP contribution in [0, 0.1) is 5.92 Å². The molecule has 3 aromatic rings. The number of carbonyl (C=O) groups is 3. The van der Waals surface area contributed by atoms with Crippen LogP contribution in [0.1, 0.15) is 56.4 Å². The van der Waals surface area contributed by atoms with Crippen molar-refractivity contribution in [1.29, 1.82) is 0 Å². The highest BCUT2D eigenvalue weighted by Gasteiger charge is 2.36. The number of aromatic nitrogens is 2. The fourth-order valence-electron chi connectivity index (χ4n) is 7.22. The van der Waals surface area contributed by atoms with Crippen LogP contribution in [0.4, 0.5) is 10.6 Å². The maximum Gasteiger partial charge on any atom is 0.407 e. The van der Waals surface area contributed by atoms with Crippen LogP contribution in [0.25, 0.3) is 11.3 Å². The molecule has 13 nitrogen and oxygen atoms in total. The third-order valence-corrected chi connectivity index (χ3v) is 9.89. The molecule has 52 heavy (non-hydrogen) atoms. The Kier molecular flexibility index (Phi) is 11.8. The number of para-hydroxylation sites is 1. The van der Waals surface area contributed by atoms with E-state index < -0.39 is 11.5 Å². The number of anilines is 1. The molecule has 4 N–H and O–H groups in total. The Morgan fingerprint density at radius 1 is 0.923 bits per heavy atom. The maximum absolute atomic E-state index is 13.1. The molecule has 0 bridgehead atoms. The SMILES string of the molecule is CC(C)(C)OC(=O)NCCN1CCN(C/C=C/C(=O)N2CCC([C@@H]3CCNc4c(C(N)=O)c(-c5ccc(Oc6ccccc6)cc5)nn43)CC2)CC1. The van der Waals surface area contributed by atoms with E-state index in [4.69, 9.17) is 20.3 Å². The van der Waals surface area contributed by atoms with E-state index in [1.807, 2.05) is 91.0 Å². The number of alkyl carbamates (subject to hydrolysis) is 1. The molecule has 2 fully saturated rings. The van der Waals surface area contributed by atoms with Gasteiger partial charge in [-0.1, -0.05) is 24.3 Å². The molecular weight excluding hydrogens is 660 g/mol. The predicted molar refractivity (Wildman–Crippen MR) is 200 cm³/mol. The highest BCUT2D eigenvalue weighted by Crippen LogP contribution is 2.40. The molecule has 0 saturated carbocycles. The van der Waals surface area contributed by atoms with E-state index in [0.717, 1.165) is 76.4 Å². The largest absolute Gasteiger partial charge is 0.457 e. The fraction of sp³-hybridized carbons (Fsp3) is 0.487. The lowest BCUT2D eigenvalue weighted by molar-refractivity contribution is -0.127. The standard InChI is InChI=1S/C39H52N8O5/c1-39(2,3)52-38(50)42-19-23-45-26-24-44(25-27-45)20-7-10-33(48)46-21-16-28(17-22-46)32-15-18-41-37-34(36(40)49)35(43-47(32)37)29-11-13-31(14-12-29)51-30-8-5-4-6-9-30/h4-14,28,32,41H,15-27H2,1-3H3,(H2,40,49)(H,42,50)/b10-7+/t32-/m0/s1. The molecule has 2 aromatic carbocycles. The number of carbonyl (C=O) groups excluding carboxylic acids is 3. The van der Waals surface area contributed by atoms with Gasteiger partial charge in [0, 0.05) is 77.1 Å². The van der Waals surface area contributed by atoms with Crippen molar-refractivity contribution in [3.63, 3.8) is 0 Å². The molecule has 3 aliphatic rings. The summed E-state index contributed by atoms with van der Waals surface area (Å²) < 4.78 is 13.2. The van der Waals surface area contributed by atoms with Gasteiger partial charge >= 0.3 is 6.09 Å². The number of hydrogen-bond donors (Lipinski definition) is 3. The Balaban J connectivity index is 0.977. The number of likely N-dealkylation sites (tertiary alicyclic amines) is 1. The van der Waals surface area contributed by atoms with E-state index in [-0.39, 0.29) is 18.0 Å². The molecule has 4 heterocycles. The zero-order valence-corrected chi connectivity index (χ0v) is 30.6. The molecule has 13 heteroatoms. The van der Waals surface area contributed by atoms with Crippen molar-refractivity contribution in [3.8, 4) is 22.8 Å². The molecule has 1 atom stereocenters. The van der Waals surface area contributed by atoms with Crippen LogP contribution in [0.2, 0.25) is 0 Å². The molecule has 0 unspecified atom stereocenters. The van der Waals surface area contributed by atoms with Crippen molar-refractivity contribution in [3.05, 3.63) is 72.3 Å². The number of benzene rings is 2. The van der Waals surface area contributed by atoms with Crippen molar-refractivity contribution in [2.24, 2.45) is 11.7 Å². The number of fused-ring (bicyclic) bond motifs is 1. The van der Waals surface area contributed by atoms with Gasteiger partial charge < -0.3 is 30.7 Å². The molecular formula is C39H52N8O5. The number of piperidine rings is 1. The van der Waals surface area contributed by atoms with E-state index in [1.165, 1.54) is 0 Å². The Morgan fingerprint density at radius 3 is 2.27 bits per heavy atom. The molecule has 3 aliphatic heterocycles. The van der Waals surface area contributed by atoms with Crippen molar-refractivity contribution in [2.45, 2.75) is 51.7 Å². The summed E-state index contributed by atoms with van der Waals surface area (Å²) in [5.41, 5.74) is 7.18. The zero-order valence-electron chi connectivity index (χ0n) is 30.6. The lowest BCUT2D eigenvalue weighted by Gasteiger charge is -2.38. The summed E-state index contributed by atoms with van der Waals surface area (Å²) in [5.74, 6) is 1.95. The third kappa shape index (κ3) is 9.51. The summed E-state index contributed by atoms with van der Waals surface area (Å²) in [4.78, 5) is 44.4. The average molecular weight is 713 g/mol. The van der Waals surface area contributed by atoms with Crippen molar-refractivity contribution >= 4 is 23.7 Å². The molecule has 1 aromatic heterocycles. The van der Waals surface area contributed by atoms with Gasteiger partial charge in [0.1, 0.15) is 34.2 Å². The molecule has 0 spiro atoms. The third-order valence-electron chi connectivity index (χ3n) is 9.89. The van der Waals surface area contributed by atoms with Crippen LogP contribution in [0.5, 0.6) is 11.5 Å². The van der Waals surface area contributed by atoms with Gasteiger partial charge in [-0.3, -0.25) is 19.4 Å². The molecule has 0 radical (unpaired) electrons. The number of amides is 3. The minimum Gasteiger partial charge on any atom is -0.457 e. The van der Waals surface area contributed by atoms with Crippen LogP contribution >= 0.6 is 0 Å². The zero-order chi connectivity index (χ0) is 36.7. The van der Waals surface area contributed by atoms with E-state index in [0.29, 0.717) is 48.4 Å². The number of nitrogens with zero attached hydrogens (tertiary/aromatic N) is 5. The number of hydrogen-bond acceptors (Lipinski definition) is 9. The van der Waals surface area contributed by atoms with Crippen molar-refractivity contribution in [2.75, 3.05) is 70.8 Å². The first-order chi connectivity index (χ1) is 25.0. The monoisotopic (exact) mass is 712 g/mol. The van der Waals surface area contributed by atoms with Crippen LogP contribution < -0.4 is 21.1 Å². The lowest BCUT2D eigenvalue weighted by atomic mass is 9.87. The molecule has 3 amide bonds. The number of nitrogens with one attached hydrogen (secondary N) is 2. The Morgan fingerprint density at radius 2 is 1.60 bits per heavy atom. The summed E-state index contributed by atoms with van der Waals surface area (Å²) in [7, 11) is 0. The second kappa shape index (κ2) is 16.6. The number of nitrogens with two attached hydrogens (primary N) is 1. The normalized spacial score (nSPS) is 18.8. The first-order valence-corrected chi connectivity index (χ1v) is 18.4. The smallest absolute Gasteiger partial charge is 0.407 e. The van der Waals surface area contributed by atoms with Crippen LogP contribution in [-0.2, 0) is 9.53 Å². The van der Waals surface area contributed by atoms with Gasteiger partial charge in [-0.05, 0) is 82.3 Å². The Hall–Kier alpha value is -4.88. The first-order valence-electron chi connectivity index (χ1n) is 18.4. The van der Waals surface area contributed by atoms with Gasteiger partial charge in [0.2, 0.25) is 5.91 Å². The highest BCUT2D eigenvalue weighted by molar-refractivity contribution is 6.03. The van der Waals surface area contributed by atoms with E-state index in [9.17, 15) is 14.4 Å². The lowest BCUT2D eigenvalue weighted by Crippen LogP contribution is -2.48. The number of piperazine rings is 1. The van der Waals surface area contributed by atoms with E-state index >= 15 is 0 Å². The van der Waals surface area contributed by atoms with Gasteiger partial charge in [0.25, 0.3) is 5.91 Å². The minimum atomic E-state index is -0.518. The van der Waals surface area contributed by atoms with Crippen LogP contribution in [0.15, 0.2) is 66.7 Å². The number of rotatable bonds is 11. The summed E-state index contributed by atoms with van der Waals surface area (Å²) in [6, 6.07) is 17.2. The molecule has 0 aliphatic carbocycles. The molecule has 278 valence electrons. The summed E-state index contributed by atoms with van der Waals surface area (Å²) >= 11 is 0. The van der Waals surface area contributed by atoms with Crippen LogP contribution in [-0.4, -0.2) is 113 Å². The van der Waals surface area contributed by atoms with Gasteiger partial charge in [0.15, 0.2) is 0 Å². The second-order valence-corrected chi connectivity index (χ2v) is 14.7. The van der Waals surface area contributed by atoms with Gasteiger partial charge in [-0.2, -0.15) is 5.10 Å². The van der Waals surface area contributed by atoms with Crippen molar-refractivity contribution in [1.82, 2.24) is 29.8 Å². The van der Waals surface area contributed by atoms with Crippen LogP contribution in [0.3, 0.4) is 0 Å². The van der Waals surface area contributed by atoms with Gasteiger partial charge in [-0.25, -0.2) is 9.48 Å². The molecule has 2 saturated heterocycles. The summed E-state index contributed by atoms with van der Waals surface area (Å²) in [6.07, 6.45) is 5.91. The first kappa shape index (κ1) is 36.9. The Labute approximate surface area is 306 Å². The van der Waals surface area contributed by atoms with Crippen molar-refractivity contribution < 1.29 is 23.9 Å². The quantitative estimate of drug-likeness (QED) is 0.240. The maximum atomic E-state index is 13.1. The highest BCUT2D eigenvalue weighted by atomic mass is 16.6. The van der Waals surface area contributed by atoms with E-state index in [1.54, 1.807) is 6.08 Å².